The van der Waals surface area contributed by atoms with Gasteiger partial charge in [-0.25, -0.2) is 4.39 Å². The van der Waals surface area contributed by atoms with Crippen molar-refractivity contribution in [2.75, 3.05) is 0 Å². The second kappa shape index (κ2) is 3.41. The van der Waals surface area contributed by atoms with Crippen molar-refractivity contribution in [1.29, 1.82) is 0 Å². The molecule has 0 unspecified atom stereocenters. The van der Waals surface area contributed by atoms with Crippen LogP contribution in [0.4, 0.5) is 4.39 Å². The van der Waals surface area contributed by atoms with Gasteiger partial charge in [0.25, 0.3) is 0 Å². The number of benzene rings is 1. The molecular weight excluding hydrogens is 205 g/mol. The molecule has 1 aromatic carbocycles. The lowest BCUT2D eigenvalue weighted by atomic mass is 10.0. The first-order chi connectivity index (χ1) is 6.61. The minimum atomic E-state index is -0.480. The monoisotopic (exact) mass is 215 g/mol. The molecule has 0 spiro atoms. The van der Waals surface area contributed by atoms with Crippen LogP contribution in [0.2, 0.25) is 5.02 Å². The van der Waals surface area contributed by atoms with Crippen LogP contribution in [-0.2, 0) is 0 Å². The number of aromatic hydroxyl groups is 1. The van der Waals surface area contributed by atoms with Crippen molar-refractivity contribution in [1.82, 2.24) is 0 Å². The van der Waals surface area contributed by atoms with Gasteiger partial charge in [0, 0.05) is 11.6 Å². The van der Waals surface area contributed by atoms with Crippen LogP contribution in [0.15, 0.2) is 12.1 Å². The molecule has 0 heterocycles. The second-order valence-corrected chi connectivity index (χ2v) is 4.06. The van der Waals surface area contributed by atoms with E-state index in [9.17, 15) is 9.50 Å². The normalized spacial score (nSPS) is 18.2. The minimum Gasteiger partial charge on any atom is -0.506 e. The molecule has 2 rings (SSSR count). The maximum atomic E-state index is 13.4. The molecule has 0 aliphatic heterocycles. The Bertz CT molecular complexity index is 365. The van der Waals surface area contributed by atoms with Crippen molar-refractivity contribution in [2.24, 2.45) is 11.7 Å². The van der Waals surface area contributed by atoms with E-state index in [1.54, 1.807) is 0 Å². The first kappa shape index (κ1) is 9.74. The van der Waals surface area contributed by atoms with E-state index in [4.69, 9.17) is 17.3 Å². The van der Waals surface area contributed by atoms with E-state index in [1.165, 1.54) is 12.1 Å². The fourth-order valence-corrected chi connectivity index (χ4v) is 1.73. The predicted molar refractivity (Wildman–Crippen MR) is 52.7 cm³/mol. The third-order valence-electron chi connectivity index (χ3n) is 2.58. The molecule has 1 atom stereocenters. The summed E-state index contributed by atoms with van der Waals surface area (Å²) >= 11 is 5.68. The highest BCUT2D eigenvalue weighted by Crippen LogP contribution is 2.44. The smallest absolute Gasteiger partial charge is 0.141 e. The summed E-state index contributed by atoms with van der Waals surface area (Å²) in [5.41, 5.74) is 5.96. The van der Waals surface area contributed by atoms with Crippen molar-refractivity contribution in [3.05, 3.63) is 28.5 Å². The van der Waals surface area contributed by atoms with Gasteiger partial charge < -0.3 is 10.8 Å². The Morgan fingerprint density at radius 3 is 2.71 bits per heavy atom. The van der Waals surface area contributed by atoms with Crippen molar-refractivity contribution < 1.29 is 9.50 Å². The summed E-state index contributed by atoms with van der Waals surface area (Å²) in [6.45, 7) is 0. The van der Waals surface area contributed by atoms with Gasteiger partial charge in [-0.15, -0.1) is 0 Å². The van der Waals surface area contributed by atoms with Crippen molar-refractivity contribution in [3.63, 3.8) is 0 Å². The maximum absolute atomic E-state index is 13.4. The lowest BCUT2D eigenvalue weighted by Crippen LogP contribution is -2.14. The number of phenols is 1. The Kier molecular flexibility index (Phi) is 2.37. The molecular formula is C10H11ClFNO. The molecule has 1 saturated carbocycles. The molecule has 3 N–H and O–H groups in total. The fraction of sp³-hybridized carbons (Fsp3) is 0.400. The van der Waals surface area contributed by atoms with E-state index in [-0.39, 0.29) is 22.3 Å². The molecule has 1 aromatic rings. The van der Waals surface area contributed by atoms with Gasteiger partial charge in [0.1, 0.15) is 11.6 Å². The molecule has 1 aliphatic carbocycles. The van der Waals surface area contributed by atoms with Gasteiger partial charge in [0.05, 0.1) is 5.02 Å². The molecule has 4 heteroatoms. The SMILES string of the molecule is N[C@@H](c1c(F)ccc(Cl)c1O)C1CC1. The summed E-state index contributed by atoms with van der Waals surface area (Å²) in [6.07, 6.45) is 1.99. The van der Waals surface area contributed by atoms with E-state index in [2.05, 4.69) is 0 Å². The van der Waals surface area contributed by atoms with Gasteiger partial charge >= 0.3 is 0 Å². The van der Waals surface area contributed by atoms with E-state index < -0.39 is 11.9 Å². The summed E-state index contributed by atoms with van der Waals surface area (Å²) in [4.78, 5) is 0. The number of hydrogen-bond donors (Lipinski definition) is 2. The zero-order valence-electron chi connectivity index (χ0n) is 7.50. The molecule has 1 fully saturated rings. The van der Waals surface area contributed by atoms with Crippen LogP contribution < -0.4 is 5.73 Å². The van der Waals surface area contributed by atoms with Crippen LogP contribution in [0.5, 0.6) is 5.75 Å². The van der Waals surface area contributed by atoms with E-state index in [0.717, 1.165) is 12.8 Å². The Hall–Kier alpha value is -0.800. The Morgan fingerprint density at radius 2 is 2.14 bits per heavy atom. The van der Waals surface area contributed by atoms with Gasteiger partial charge in [-0.3, -0.25) is 0 Å². The zero-order chi connectivity index (χ0) is 10.3. The van der Waals surface area contributed by atoms with E-state index in [1.807, 2.05) is 0 Å². The fourth-order valence-electron chi connectivity index (χ4n) is 1.56. The van der Waals surface area contributed by atoms with Crippen molar-refractivity contribution in [2.45, 2.75) is 18.9 Å². The highest BCUT2D eigenvalue weighted by Gasteiger charge is 2.33. The topological polar surface area (TPSA) is 46.2 Å². The van der Waals surface area contributed by atoms with Gasteiger partial charge in [-0.2, -0.15) is 0 Å². The van der Waals surface area contributed by atoms with Gasteiger partial charge in [-0.1, -0.05) is 11.6 Å². The van der Waals surface area contributed by atoms with Crippen LogP contribution in [0.25, 0.3) is 0 Å². The van der Waals surface area contributed by atoms with Crippen LogP contribution in [-0.4, -0.2) is 5.11 Å². The first-order valence-corrected chi connectivity index (χ1v) is 4.91. The Morgan fingerprint density at radius 1 is 1.50 bits per heavy atom. The third-order valence-corrected chi connectivity index (χ3v) is 2.88. The van der Waals surface area contributed by atoms with Crippen molar-refractivity contribution in [3.8, 4) is 5.75 Å². The van der Waals surface area contributed by atoms with E-state index >= 15 is 0 Å². The van der Waals surface area contributed by atoms with Gasteiger partial charge in [0.15, 0.2) is 0 Å². The molecule has 0 amide bonds. The molecule has 2 nitrogen and oxygen atoms in total. The highest BCUT2D eigenvalue weighted by molar-refractivity contribution is 6.32. The Labute approximate surface area is 86.5 Å². The molecule has 1 aliphatic rings. The zero-order valence-corrected chi connectivity index (χ0v) is 8.26. The van der Waals surface area contributed by atoms with E-state index in [0.29, 0.717) is 0 Å². The standard InChI is InChI=1S/C10H11ClFNO/c11-6-3-4-7(12)8(10(6)14)9(13)5-1-2-5/h3-5,9,14H,1-2,13H2/t9-/m1/s1. The summed E-state index contributed by atoms with van der Waals surface area (Å²) < 4.78 is 13.4. The third kappa shape index (κ3) is 1.57. The summed E-state index contributed by atoms with van der Waals surface area (Å²) in [7, 11) is 0. The first-order valence-electron chi connectivity index (χ1n) is 4.53. The highest BCUT2D eigenvalue weighted by atomic mass is 35.5. The van der Waals surface area contributed by atoms with Crippen LogP contribution >= 0.6 is 11.6 Å². The lowest BCUT2D eigenvalue weighted by Gasteiger charge is -2.14. The number of hydrogen-bond acceptors (Lipinski definition) is 2. The van der Waals surface area contributed by atoms with Crippen molar-refractivity contribution >= 4 is 11.6 Å². The van der Waals surface area contributed by atoms with Crippen LogP contribution in [0, 0.1) is 11.7 Å². The maximum Gasteiger partial charge on any atom is 0.141 e. The Balaban J connectivity index is 2.43. The lowest BCUT2D eigenvalue weighted by molar-refractivity contribution is 0.442. The molecule has 14 heavy (non-hydrogen) atoms. The number of nitrogens with two attached hydrogens (primary N) is 1. The second-order valence-electron chi connectivity index (χ2n) is 3.65. The largest absolute Gasteiger partial charge is 0.506 e. The molecule has 76 valence electrons. The average molecular weight is 216 g/mol. The van der Waals surface area contributed by atoms with Gasteiger partial charge in [-0.05, 0) is 30.9 Å². The summed E-state index contributed by atoms with van der Waals surface area (Å²) in [5, 5.41) is 9.72. The van der Waals surface area contributed by atoms with Crippen LogP contribution in [0.1, 0.15) is 24.4 Å². The quantitative estimate of drug-likeness (QED) is 0.797. The number of halogens is 2. The summed E-state index contributed by atoms with van der Waals surface area (Å²) in [6, 6.07) is 2.13. The number of phenolic OH excluding ortho intramolecular Hbond substituents is 1. The average Bonchev–Trinajstić information content (AvgIpc) is 2.95. The number of rotatable bonds is 2. The molecule has 0 aromatic heterocycles. The molecule has 0 radical (unpaired) electrons. The van der Waals surface area contributed by atoms with Gasteiger partial charge in [0.2, 0.25) is 0 Å². The molecule has 0 saturated heterocycles. The minimum absolute atomic E-state index is 0.150. The van der Waals surface area contributed by atoms with Crippen LogP contribution in [0.3, 0.4) is 0 Å². The summed E-state index contributed by atoms with van der Waals surface area (Å²) in [5.74, 6) is -0.411. The molecule has 0 bridgehead atoms. The predicted octanol–water partition coefficient (Wildman–Crippen LogP) is 2.59.